The van der Waals surface area contributed by atoms with Crippen molar-refractivity contribution in [2.24, 2.45) is 0 Å². The molecule has 15 heavy (non-hydrogen) atoms. The van der Waals surface area contributed by atoms with Gasteiger partial charge in [-0.1, -0.05) is 0 Å². The summed E-state index contributed by atoms with van der Waals surface area (Å²) < 4.78 is 1.02. The minimum absolute atomic E-state index is 0.764. The Hall–Kier alpha value is -0.940. The smallest absolute Gasteiger partial charge is 0.140 e. The Morgan fingerprint density at radius 2 is 2.40 bits per heavy atom. The molecule has 0 unspecified atom stereocenters. The molecule has 0 aromatic carbocycles. The lowest BCUT2D eigenvalue weighted by atomic mass is 10.3. The fraction of sp³-hybridized carbons (Fsp3) is 0.200. The summed E-state index contributed by atoms with van der Waals surface area (Å²) in [7, 11) is 0. The first-order chi connectivity index (χ1) is 7.27. The van der Waals surface area contributed by atoms with Gasteiger partial charge in [-0.15, -0.1) is 11.3 Å². The second kappa shape index (κ2) is 4.72. The number of nitrogens with one attached hydrogen (secondary N) is 1. The number of hydrogen-bond donors (Lipinski definition) is 1. The molecule has 2 aromatic heterocycles. The Labute approximate surface area is 101 Å². The van der Waals surface area contributed by atoms with Crippen LogP contribution in [0.2, 0.25) is 0 Å². The van der Waals surface area contributed by atoms with E-state index in [4.69, 9.17) is 0 Å². The summed E-state index contributed by atoms with van der Waals surface area (Å²) in [5, 5.41) is 3.27. The second-order valence-corrected chi connectivity index (χ2v) is 4.88. The maximum absolute atomic E-state index is 4.26. The highest BCUT2D eigenvalue weighted by atomic mass is 79.9. The minimum atomic E-state index is 0.764. The minimum Gasteiger partial charge on any atom is -0.364 e. The van der Waals surface area contributed by atoms with E-state index in [1.807, 2.05) is 24.7 Å². The molecule has 0 aliphatic rings. The number of aryl methyl sites for hydroxylation is 1. The number of pyridine rings is 1. The molecular weight excluding hydrogens is 274 g/mol. The van der Waals surface area contributed by atoms with Crippen molar-refractivity contribution in [2.45, 2.75) is 13.5 Å². The van der Waals surface area contributed by atoms with Crippen LogP contribution in [-0.2, 0) is 6.54 Å². The molecule has 0 amide bonds. The normalized spacial score (nSPS) is 10.3. The van der Waals surface area contributed by atoms with Gasteiger partial charge in [-0.05, 0) is 34.5 Å². The second-order valence-electron chi connectivity index (χ2n) is 3.11. The predicted molar refractivity (Wildman–Crippen MR) is 66.1 cm³/mol. The third kappa shape index (κ3) is 2.54. The van der Waals surface area contributed by atoms with Gasteiger partial charge in [0.25, 0.3) is 0 Å². The molecular formula is C10H10BrN3S. The van der Waals surface area contributed by atoms with Crippen LogP contribution >= 0.6 is 27.3 Å². The van der Waals surface area contributed by atoms with Gasteiger partial charge >= 0.3 is 0 Å². The Bertz CT molecular complexity index is 442. The average molecular weight is 284 g/mol. The fourth-order valence-corrected chi connectivity index (χ4v) is 2.07. The molecule has 2 aromatic rings. The van der Waals surface area contributed by atoms with Gasteiger partial charge in [0, 0.05) is 17.3 Å². The molecule has 0 fully saturated rings. The molecule has 5 heteroatoms. The molecule has 0 saturated carbocycles. The van der Waals surface area contributed by atoms with Crippen LogP contribution in [0.25, 0.3) is 0 Å². The van der Waals surface area contributed by atoms with Gasteiger partial charge in [-0.25, -0.2) is 4.98 Å². The van der Waals surface area contributed by atoms with Crippen molar-refractivity contribution in [1.82, 2.24) is 9.97 Å². The van der Waals surface area contributed by atoms with Gasteiger partial charge in [-0.2, -0.15) is 0 Å². The van der Waals surface area contributed by atoms with Gasteiger partial charge in [0.15, 0.2) is 0 Å². The zero-order valence-corrected chi connectivity index (χ0v) is 10.6. The van der Waals surface area contributed by atoms with Crippen molar-refractivity contribution in [1.29, 1.82) is 0 Å². The zero-order chi connectivity index (χ0) is 10.7. The number of nitrogens with zero attached hydrogens (tertiary/aromatic N) is 2. The lowest BCUT2D eigenvalue weighted by Gasteiger charge is -2.07. The molecule has 0 spiro atoms. The van der Waals surface area contributed by atoms with Gasteiger partial charge in [0.2, 0.25) is 0 Å². The third-order valence-corrected chi connectivity index (χ3v) is 3.78. The quantitative estimate of drug-likeness (QED) is 0.940. The number of aromatic nitrogens is 2. The standard InChI is InChI=1S/C10H10BrN3S/c1-7-2-3-13-10(9(7)11)14-5-8-4-12-6-15-8/h2-4,6H,5H2,1H3,(H,13,14). The lowest BCUT2D eigenvalue weighted by molar-refractivity contribution is 1.11. The van der Waals surface area contributed by atoms with Crippen molar-refractivity contribution < 1.29 is 0 Å². The summed E-state index contributed by atoms with van der Waals surface area (Å²) in [6, 6.07) is 1.97. The molecule has 2 heterocycles. The van der Waals surface area contributed by atoms with Crippen LogP contribution in [0.15, 0.2) is 28.4 Å². The van der Waals surface area contributed by atoms with E-state index in [0.29, 0.717) is 0 Å². The fourth-order valence-electron chi connectivity index (χ4n) is 1.16. The molecule has 0 atom stereocenters. The summed E-state index contributed by atoms with van der Waals surface area (Å²) in [4.78, 5) is 9.48. The predicted octanol–water partition coefficient (Wildman–Crippen LogP) is 3.22. The summed E-state index contributed by atoms with van der Waals surface area (Å²) in [5.41, 5.74) is 3.01. The summed E-state index contributed by atoms with van der Waals surface area (Å²) in [6.45, 7) is 2.81. The van der Waals surface area contributed by atoms with E-state index < -0.39 is 0 Å². The van der Waals surface area contributed by atoms with E-state index in [2.05, 4.69) is 31.2 Å². The number of thiazole rings is 1. The third-order valence-electron chi connectivity index (χ3n) is 2.00. The highest BCUT2D eigenvalue weighted by Gasteiger charge is 2.03. The van der Waals surface area contributed by atoms with E-state index >= 15 is 0 Å². The van der Waals surface area contributed by atoms with E-state index in [1.54, 1.807) is 17.5 Å². The van der Waals surface area contributed by atoms with Crippen LogP contribution < -0.4 is 5.32 Å². The Kier molecular flexibility index (Phi) is 3.33. The first-order valence-corrected chi connectivity index (χ1v) is 6.17. The summed E-state index contributed by atoms with van der Waals surface area (Å²) >= 11 is 5.14. The van der Waals surface area contributed by atoms with Gasteiger partial charge in [0.1, 0.15) is 5.82 Å². The Balaban J connectivity index is 2.08. The van der Waals surface area contributed by atoms with Gasteiger partial charge in [0.05, 0.1) is 16.5 Å². The van der Waals surface area contributed by atoms with Crippen molar-refractivity contribution in [3.05, 3.63) is 38.9 Å². The molecule has 1 N–H and O–H groups in total. The van der Waals surface area contributed by atoms with E-state index in [0.717, 1.165) is 16.8 Å². The van der Waals surface area contributed by atoms with Crippen molar-refractivity contribution in [3.8, 4) is 0 Å². The lowest BCUT2D eigenvalue weighted by Crippen LogP contribution is -2.01. The van der Waals surface area contributed by atoms with Crippen LogP contribution in [0.5, 0.6) is 0 Å². The van der Waals surface area contributed by atoms with Crippen LogP contribution in [0.4, 0.5) is 5.82 Å². The zero-order valence-electron chi connectivity index (χ0n) is 8.20. The van der Waals surface area contributed by atoms with Crippen molar-refractivity contribution in [2.75, 3.05) is 5.32 Å². The van der Waals surface area contributed by atoms with E-state index in [-0.39, 0.29) is 0 Å². The van der Waals surface area contributed by atoms with Crippen LogP contribution in [-0.4, -0.2) is 9.97 Å². The average Bonchev–Trinajstić information content (AvgIpc) is 2.73. The molecule has 3 nitrogen and oxygen atoms in total. The summed E-state index contributed by atoms with van der Waals surface area (Å²) in [5.74, 6) is 0.878. The first-order valence-electron chi connectivity index (χ1n) is 4.49. The van der Waals surface area contributed by atoms with Crippen LogP contribution in [0, 0.1) is 6.92 Å². The topological polar surface area (TPSA) is 37.8 Å². The number of anilines is 1. The number of halogens is 1. The monoisotopic (exact) mass is 283 g/mol. The molecule has 0 radical (unpaired) electrons. The molecule has 0 saturated heterocycles. The highest BCUT2D eigenvalue weighted by Crippen LogP contribution is 2.23. The largest absolute Gasteiger partial charge is 0.364 e. The maximum atomic E-state index is 4.26. The highest BCUT2D eigenvalue weighted by molar-refractivity contribution is 9.10. The van der Waals surface area contributed by atoms with Gasteiger partial charge < -0.3 is 5.32 Å². The molecule has 2 rings (SSSR count). The van der Waals surface area contributed by atoms with Crippen LogP contribution in [0.1, 0.15) is 10.4 Å². The Morgan fingerprint density at radius 3 is 3.13 bits per heavy atom. The number of rotatable bonds is 3. The molecule has 0 aliphatic heterocycles. The van der Waals surface area contributed by atoms with Crippen molar-refractivity contribution >= 4 is 33.1 Å². The molecule has 0 aliphatic carbocycles. The number of hydrogen-bond acceptors (Lipinski definition) is 4. The summed E-state index contributed by atoms with van der Waals surface area (Å²) in [6.07, 6.45) is 3.66. The van der Waals surface area contributed by atoms with Gasteiger partial charge in [-0.3, -0.25) is 4.98 Å². The SMILES string of the molecule is Cc1ccnc(NCc2cncs2)c1Br. The van der Waals surface area contributed by atoms with Crippen molar-refractivity contribution in [3.63, 3.8) is 0 Å². The maximum Gasteiger partial charge on any atom is 0.140 e. The van der Waals surface area contributed by atoms with Crippen LogP contribution in [0.3, 0.4) is 0 Å². The van der Waals surface area contributed by atoms with E-state index in [9.17, 15) is 0 Å². The van der Waals surface area contributed by atoms with E-state index in [1.165, 1.54) is 10.4 Å². The first kappa shape index (κ1) is 10.6. The molecule has 0 bridgehead atoms. The molecule has 78 valence electrons. The Morgan fingerprint density at radius 1 is 1.53 bits per heavy atom.